The maximum absolute atomic E-state index is 5.57. The van der Waals surface area contributed by atoms with E-state index in [4.69, 9.17) is 29.9 Å². The van der Waals surface area contributed by atoms with Gasteiger partial charge in [0, 0.05) is 45.1 Å². The van der Waals surface area contributed by atoms with Gasteiger partial charge in [-0.15, -0.1) is 0 Å². The van der Waals surface area contributed by atoms with Crippen molar-refractivity contribution in [3.05, 3.63) is 378 Å². The van der Waals surface area contributed by atoms with Crippen LogP contribution in [0, 0.1) is 0 Å². The maximum Gasteiger partial charge on any atom is 0.164 e. The van der Waals surface area contributed by atoms with Crippen molar-refractivity contribution in [2.24, 2.45) is 0 Å². The first kappa shape index (κ1) is 55.5. The van der Waals surface area contributed by atoms with Crippen molar-refractivity contribution < 1.29 is 0 Å². The predicted molar refractivity (Wildman–Crippen MR) is 393 cm³/mol. The summed E-state index contributed by atoms with van der Waals surface area (Å²) >= 11 is 0. The molecule has 0 saturated carbocycles. The fraction of sp³-hybridized carbons (Fsp3) is 0.0220. The molecule has 4 aliphatic rings. The van der Waals surface area contributed by atoms with Crippen LogP contribution in [0.5, 0.6) is 0 Å². The number of hydrogen-bond donors (Lipinski definition) is 0. The summed E-state index contributed by atoms with van der Waals surface area (Å²) < 4.78 is 0. The Morgan fingerprint density at radius 2 is 0.510 bits per heavy atom. The van der Waals surface area contributed by atoms with Crippen molar-refractivity contribution in [2.75, 3.05) is 0 Å². The van der Waals surface area contributed by atoms with Crippen LogP contribution >= 0.6 is 0 Å². The standard InChI is InChI=1S/C91H55N7/c1-3-24-56(25-4-1)58-28-19-31-61(52-58)85-94-86(96-88(95-85)64-49-50-69-68-36-9-14-43-75(68)90(80(69)55-64)73-41-12-7-34-66(73)67-35-8-13-42-74(67)90)62-32-20-29-59(53-62)65-39-22-46-78-82(65)70-37-10-15-44-76(70)91(78)77-45-16-11-38-71(77)83-72(40-23-47-79(83)91)89-97-84(57-26-5-2-6-27-57)93-87(98-89)63-33-21-30-60(54-63)81-48-17-18-51-92-81/h1-55H. The smallest absolute Gasteiger partial charge is 0.164 e. The Morgan fingerprint density at radius 3 is 1.05 bits per heavy atom. The van der Waals surface area contributed by atoms with E-state index in [9.17, 15) is 0 Å². The molecule has 0 aliphatic heterocycles. The molecule has 3 aromatic heterocycles. The highest BCUT2D eigenvalue weighted by Gasteiger charge is 2.54. The molecule has 98 heavy (non-hydrogen) atoms. The third-order valence-corrected chi connectivity index (χ3v) is 20.7. The van der Waals surface area contributed by atoms with Crippen LogP contribution in [0.25, 0.3) is 146 Å². The Hall–Kier alpha value is -13.0. The van der Waals surface area contributed by atoms with Gasteiger partial charge < -0.3 is 0 Å². The van der Waals surface area contributed by atoms with Gasteiger partial charge in [-0.1, -0.05) is 291 Å². The lowest BCUT2D eigenvalue weighted by Gasteiger charge is -2.30. The summed E-state index contributed by atoms with van der Waals surface area (Å²) in [7, 11) is 0. The van der Waals surface area contributed by atoms with Gasteiger partial charge in [0.1, 0.15) is 0 Å². The average Bonchev–Trinajstić information content (AvgIpc) is 1.51. The number of pyridine rings is 1. The molecule has 1 atom stereocenters. The molecule has 454 valence electrons. The van der Waals surface area contributed by atoms with Crippen LogP contribution in [-0.4, -0.2) is 34.9 Å². The summed E-state index contributed by atoms with van der Waals surface area (Å²) in [5.74, 6) is 3.56. The van der Waals surface area contributed by atoms with Crippen LogP contribution in [0.15, 0.2) is 334 Å². The van der Waals surface area contributed by atoms with Gasteiger partial charge in [-0.25, -0.2) is 29.9 Å². The van der Waals surface area contributed by atoms with E-state index in [1.54, 1.807) is 0 Å². The molecule has 0 saturated heterocycles. The summed E-state index contributed by atoms with van der Waals surface area (Å²) in [4.78, 5) is 37.2. The van der Waals surface area contributed by atoms with E-state index in [0.29, 0.717) is 34.9 Å². The molecule has 0 radical (unpaired) electrons. The number of benzene rings is 13. The third kappa shape index (κ3) is 8.20. The van der Waals surface area contributed by atoms with Crippen molar-refractivity contribution in [3.63, 3.8) is 0 Å². The molecule has 4 aliphatic carbocycles. The van der Waals surface area contributed by atoms with Crippen LogP contribution in [0.2, 0.25) is 0 Å². The monoisotopic (exact) mass is 1250 g/mol. The minimum Gasteiger partial charge on any atom is -0.256 e. The summed E-state index contributed by atoms with van der Waals surface area (Å²) in [6, 6.07) is 118. The van der Waals surface area contributed by atoms with E-state index in [1.165, 1.54) is 77.9 Å². The number of hydrogen-bond acceptors (Lipinski definition) is 7. The Balaban J connectivity index is 0.751. The van der Waals surface area contributed by atoms with Crippen LogP contribution in [0.3, 0.4) is 0 Å². The van der Waals surface area contributed by atoms with E-state index in [2.05, 4.69) is 296 Å². The number of fused-ring (bicyclic) bond motifs is 20. The van der Waals surface area contributed by atoms with Crippen molar-refractivity contribution in [1.82, 2.24) is 34.9 Å². The molecular formula is C91H55N7. The molecule has 7 heteroatoms. The Kier molecular flexibility index (Phi) is 12.3. The first-order chi connectivity index (χ1) is 48.6. The Bertz CT molecular complexity index is 5900. The van der Waals surface area contributed by atoms with Gasteiger partial charge >= 0.3 is 0 Å². The van der Waals surface area contributed by atoms with Crippen molar-refractivity contribution in [3.8, 4) is 146 Å². The second kappa shape index (κ2) is 21.8. The quantitative estimate of drug-likeness (QED) is 0.142. The summed E-state index contributed by atoms with van der Waals surface area (Å²) in [5.41, 5.74) is 29.9. The molecule has 13 aromatic carbocycles. The van der Waals surface area contributed by atoms with Gasteiger partial charge in [-0.05, 0) is 148 Å². The third-order valence-electron chi connectivity index (χ3n) is 20.7. The molecule has 2 spiro atoms. The van der Waals surface area contributed by atoms with Gasteiger partial charge in [-0.3, -0.25) is 4.98 Å². The topological polar surface area (TPSA) is 90.2 Å². The second-order valence-electron chi connectivity index (χ2n) is 25.7. The lowest BCUT2D eigenvalue weighted by atomic mass is 9.70. The summed E-state index contributed by atoms with van der Waals surface area (Å²) in [6.07, 6.45) is 1.82. The van der Waals surface area contributed by atoms with Crippen molar-refractivity contribution in [1.29, 1.82) is 0 Å². The molecule has 0 N–H and O–H groups in total. The molecule has 3 heterocycles. The largest absolute Gasteiger partial charge is 0.256 e. The molecule has 20 rings (SSSR count). The zero-order chi connectivity index (χ0) is 64.5. The highest BCUT2D eigenvalue weighted by Crippen LogP contribution is 2.66. The minimum absolute atomic E-state index is 0.538. The van der Waals surface area contributed by atoms with Crippen molar-refractivity contribution >= 4 is 0 Å². The SMILES string of the molecule is c1ccc(-c2cccc(-c3nc(-c4cccc(-c5cccc6c5-c5ccccc5C65c6ccccc6-c6c(-c7nc(-c8ccccc8)nc(-c8cccc(-c9ccccn9)c8)n7)cccc65)c4)nc(-c4ccc5c(c4)C4(c6ccccc6-c6ccccc64)c4ccccc4-5)n3)c2)cc1. The van der Waals surface area contributed by atoms with Gasteiger partial charge in [0.2, 0.25) is 0 Å². The molecule has 16 aromatic rings. The van der Waals surface area contributed by atoms with Gasteiger partial charge in [0.25, 0.3) is 0 Å². The fourth-order valence-corrected chi connectivity index (χ4v) is 16.6. The highest BCUT2D eigenvalue weighted by molar-refractivity contribution is 6.03. The number of aromatic nitrogens is 7. The van der Waals surface area contributed by atoms with Crippen LogP contribution in [0.1, 0.15) is 44.5 Å². The zero-order valence-corrected chi connectivity index (χ0v) is 52.9. The van der Waals surface area contributed by atoms with Gasteiger partial charge in [0.05, 0.1) is 16.5 Å². The second-order valence-corrected chi connectivity index (χ2v) is 25.7. The van der Waals surface area contributed by atoms with E-state index in [-0.39, 0.29) is 0 Å². The fourth-order valence-electron chi connectivity index (χ4n) is 16.6. The van der Waals surface area contributed by atoms with Gasteiger partial charge in [0.15, 0.2) is 34.9 Å². The lowest BCUT2D eigenvalue weighted by molar-refractivity contribution is 0.794. The highest BCUT2D eigenvalue weighted by atomic mass is 15.0. The summed E-state index contributed by atoms with van der Waals surface area (Å²) in [5, 5.41) is 0. The first-order valence-corrected chi connectivity index (χ1v) is 33.4. The molecular weight excluding hydrogens is 1190 g/mol. The zero-order valence-electron chi connectivity index (χ0n) is 52.9. The lowest BCUT2D eigenvalue weighted by Crippen LogP contribution is -2.25. The van der Waals surface area contributed by atoms with E-state index < -0.39 is 10.8 Å². The molecule has 7 nitrogen and oxygen atoms in total. The summed E-state index contributed by atoms with van der Waals surface area (Å²) in [6.45, 7) is 0. The van der Waals surface area contributed by atoms with Crippen molar-refractivity contribution in [2.45, 2.75) is 10.8 Å². The predicted octanol–water partition coefficient (Wildman–Crippen LogP) is 21.1. The molecule has 1 unspecified atom stereocenters. The van der Waals surface area contributed by atoms with E-state index >= 15 is 0 Å². The number of rotatable bonds is 9. The molecule has 0 amide bonds. The van der Waals surface area contributed by atoms with Crippen LogP contribution in [-0.2, 0) is 10.8 Å². The maximum atomic E-state index is 5.57. The Labute approximate surface area is 567 Å². The minimum atomic E-state index is -0.693. The number of nitrogens with zero attached hydrogens (tertiary/aromatic N) is 7. The average molecular weight is 1250 g/mol. The molecule has 0 fully saturated rings. The molecule has 0 bridgehead atoms. The van der Waals surface area contributed by atoms with Gasteiger partial charge in [-0.2, -0.15) is 0 Å². The van der Waals surface area contributed by atoms with E-state index in [0.717, 1.165) is 78.0 Å². The van der Waals surface area contributed by atoms with E-state index in [1.807, 2.05) is 42.6 Å². The normalized spacial score (nSPS) is 14.2. The Morgan fingerprint density at radius 1 is 0.173 bits per heavy atom. The first-order valence-electron chi connectivity index (χ1n) is 33.4. The van der Waals surface area contributed by atoms with Crippen LogP contribution < -0.4 is 0 Å². The van der Waals surface area contributed by atoms with Crippen LogP contribution in [0.4, 0.5) is 0 Å².